The van der Waals surface area contributed by atoms with Crippen molar-refractivity contribution in [1.29, 1.82) is 0 Å². The second-order valence-electron chi connectivity index (χ2n) is 4.71. The van der Waals surface area contributed by atoms with Gasteiger partial charge < -0.3 is 5.32 Å². The summed E-state index contributed by atoms with van der Waals surface area (Å²) in [7, 11) is 0. The van der Waals surface area contributed by atoms with E-state index in [2.05, 4.69) is 27.3 Å². The van der Waals surface area contributed by atoms with Crippen molar-refractivity contribution in [3.63, 3.8) is 0 Å². The molecule has 0 amide bonds. The van der Waals surface area contributed by atoms with Gasteiger partial charge in [-0.2, -0.15) is 5.10 Å². The van der Waals surface area contributed by atoms with Crippen molar-refractivity contribution in [3.05, 3.63) is 54.5 Å². The largest absolute Gasteiger partial charge is 0.376 e. The number of hydrogen-bond donors (Lipinski definition) is 1. The number of nitrogens with one attached hydrogen (secondary N) is 1. The molecule has 0 spiro atoms. The third-order valence-corrected chi connectivity index (χ3v) is 3.40. The van der Waals surface area contributed by atoms with Crippen molar-refractivity contribution < 1.29 is 0 Å². The van der Waals surface area contributed by atoms with E-state index in [1.807, 2.05) is 46.8 Å². The van der Waals surface area contributed by atoms with Gasteiger partial charge in [-0.05, 0) is 32.0 Å². The average molecular weight is 282 g/mol. The number of nitrogens with zero attached hydrogens (tertiary/aromatic N) is 5. The maximum Gasteiger partial charge on any atom is 0.161 e. The van der Waals surface area contributed by atoms with Gasteiger partial charge in [0.15, 0.2) is 5.82 Å². The van der Waals surface area contributed by atoms with Crippen LogP contribution in [-0.4, -0.2) is 24.3 Å². The summed E-state index contributed by atoms with van der Waals surface area (Å²) in [6, 6.07) is 5.97. The van der Waals surface area contributed by atoms with Crippen molar-refractivity contribution in [2.24, 2.45) is 0 Å². The number of aryl methyl sites for hydroxylation is 2. The fourth-order valence-corrected chi connectivity index (χ4v) is 2.31. The molecule has 0 fully saturated rings. The Labute approximate surface area is 123 Å². The van der Waals surface area contributed by atoms with Crippen molar-refractivity contribution in [2.45, 2.75) is 26.9 Å². The Balaban J connectivity index is 1.85. The van der Waals surface area contributed by atoms with Crippen molar-refractivity contribution in [2.75, 3.05) is 5.32 Å². The van der Waals surface area contributed by atoms with E-state index in [1.165, 1.54) is 0 Å². The van der Waals surface area contributed by atoms with Crippen LogP contribution in [0.2, 0.25) is 0 Å². The number of hydrogen-bond acceptors (Lipinski definition) is 4. The summed E-state index contributed by atoms with van der Waals surface area (Å²) >= 11 is 0. The Morgan fingerprint density at radius 3 is 2.81 bits per heavy atom. The zero-order valence-electron chi connectivity index (χ0n) is 12.2. The molecule has 6 heteroatoms. The van der Waals surface area contributed by atoms with Crippen LogP contribution in [0.5, 0.6) is 0 Å². The number of pyridine rings is 1. The third kappa shape index (κ3) is 2.65. The van der Waals surface area contributed by atoms with Gasteiger partial charge in [-0.15, -0.1) is 0 Å². The quantitative estimate of drug-likeness (QED) is 0.780. The Kier molecular flexibility index (Phi) is 3.68. The van der Waals surface area contributed by atoms with Gasteiger partial charge in [0.1, 0.15) is 5.82 Å². The van der Waals surface area contributed by atoms with E-state index < -0.39 is 0 Å². The Morgan fingerprint density at radius 1 is 1.14 bits per heavy atom. The average Bonchev–Trinajstić information content (AvgIpc) is 3.13. The van der Waals surface area contributed by atoms with E-state index in [1.54, 1.807) is 12.4 Å². The molecule has 3 aromatic rings. The Morgan fingerprint density at radius 2 is 2.05 bits per heavy atom. The molecule has 0 unspecified atom stereocenters. The first-order chi connectivity index (χ1) is 10.3. The standard InChI is InChI=1S/C15H18N6/c1-3-21-13(6-8-19-21)11-18-14-5-4-7-17-15(14)20-10-9-16-12(20)2/h4-10,18H,3,11H2,1-2H3. The molecule has 0 aliphatic rings. The molecular weight excluding hydrogens is 264 g/mol. The predicted octanol–water partition coefficient (Wildman–Crippen LogP) is 2.40. The molecule has 0 bridgehead atoms. The van der Waals surface area contributed by atoms with E-state index in [0.29, 0.717) is 6.54 Å². The van der Waals surface area contributed by atoms with Crippen LogP contribution < -0.4 is 5.32 Å². The lowest BCUT2D eigenvalue weighted by Crippen LogP contribution is -2.10. The molecule has 0 aromatic carbocycles. The summed E-state index contributed by atoms with van der Waals surface area (Å²) in [4.78, 5) is 8.72. The minimum atomic E-state index is 0.709. The molecule has 1 N–H and O–H groups in total. The second kappa shape index (κ2) is 5.78. The molecule has 0 aliphatic heterocycles. The summed E-state index contributed by atoms with van der Waals surface area (Å²) in [6.07, 6.45) is 7.31. The molecule has 0 saturated carbocycles. The fraction of sp³-hybridized carbons (Fsp3) is 0.267. The van der Waals surface area contributed by atoms with Gasteiger partial charge >= 0.3 is 0 Å². The van der Waals surface area contributed by atoms with Gasteiger partial charge in [-0.25, -0.2) is 9.97 Å². The SMILES string of the molecule is CCn1nccc1CNc1cccnc1-n1ccnc1C. The first kappa shape index (κ1) is 13.4. The summed E-state index contributed by atoms with van der Waals surface area (Å²) in [5.74, 6) is 1.77. The highest BCUT2D eigenvalue weighted by atomic mass is 15.3. The predicted molar refractivity (Wildman–Crippen MR) is 81.3 cm³/mol. The highest BCUT2D eigenvalue weighted by Crippen LogP contribution is 2.19. The lowest BCUT2D eigenvalue weighted by atomic mass is 10.3. The van der Waals surface area contributed by atoms with Crippen molar-refractivity contribution >= 4 is 5.69 Å². The lowest BCUT2D eigenvalue weighted by molar-refractivity contribution is 0.627. The van der Waals surface area contributed by atoms with Crippen LogP contribution in [0.4, 0.5) is 5.69 Å². The molecule has 3 rings (SSSR count). The van der Waals surface area contributed by atoms with Crippen molar-refractivity contribution in [3.8, 4) is 5.82 Å². The van der Waals surface area contributed by atoms with E-state index in [4.69, 9.17) is 0 Å². The smallest absolute Gasteiger partial charge is 0.161 e. The van der Waals surface area contributed by atoms with Crippen LogP contribution in [-0.2, 0) is 13.1 Å². The van der Waals surface area contributed by atoms with Gasteiger partial charge in [0.25, 0.3) is 0 Å². The topological polar surface area (TPSA) is 60.6 Å². The minimum absolute atomic E-state index is 0.709. The second-order valence-corrected chi connectivity index (χ2v) is 4.71. The van der Waals surface area contributed by atoms with Gasteiger partial charge in [-0.1, -0.05) is 0 Å². The first-order valence-corrected chi connectivity index (χ1v) is 6.99. The minimum Gasteiger partial charge on any atom is -0.376 e. The number of aromatic nitrogens is 5. The molecule has 6 nitrogen and oxygen atoms in total. The van der Waals surface area contributed by atoms with Crippen LogP contribution in [0, 0.1) is 6.92 Å². The maximum absolute atomic E-state index is 4.46. The number of imidazole rings is 1. The van der Waals surface area contributed by atoms with Crippen molar-refractivity contribution in [1.82, 2.24) is 24.3 Å². The van der Waals surface area contributed by atoms with Crippen LogP contribution >= 0.6 is 0 Å². The lowest BCUT2D eigenvalue weighted by Gasteiger charge is -2.13. The van der Waals surface area contributed by atoms with Gasteiger partial charge in [0.2, 0.25) is 0 Å². The molecule has 0 atom stereocenters. The van der Waals surface area contributed by atoms with E-state index in [9.17, 15) is 0 Å². The number of rotatable bonds is 5. The van der Waals surface area contributed by atoms with Gasteiger partial charge in [0, 0.05) is 31.3 Å². The molecule has 0 saturated heterocycles. The molecule has 108 valence electrons. The highest BCUT2D eigenvalue weighted by Gasteiger charge is 2.08. The van der Waals surface area contributed by atoms with Crippen LogP contribution in [0.25, 0.3) is 5.82 Å². The monoisotopic (exact) mass is 282 g/mol. The summed E-state index contributed by atoms with van der Waals surface area (Å²) < 4.78 is 3.95. The summed E-state index contributed by atoms with van der Waals surface area (Å²) in [5.41, 5.74) is 2.12. The number of anilines is 1. The van der Waals surface area contributed by atoms with E-state index in [0.717, 1.165) is 29.6 Å². The van der Waals surface area contributed by atoms with Crippen LogP contribution in [0.15, 0.2) is 43.0 Å². The zero-order valence-corrected chi connectivity index (χ0v) is 12.2. The molecule has 21 heavy (non-hydrogen) atoms. The molecular formula is C15H18N6. The van der Waals surface area contributed by atoms with Gasteiger partial charge in [-0.3, -0.25) is 9.25 Å². The fourth-order valence-electron chi connectivity index (χ4n) is 2.31. The summed E-state index contributed by atoms with van der Waals surface area (Å²) in [6.45, 7) is 5.62. The van der Waals surface area contributed by atoms with E-state index in [-0.39, 0.29) is 0 Å². The van der Waals surface area contributed by atoms with Crippen LogP contribution in [0.1, 0.15) is 18.4 Å². The third-order valence-electron chi connectivity index (χ3n) is 3.40. The zero-order chi connectivity index (χ0) is 14.7. The normalized spacial score (nSPS) is 10.8. The van der Waals surface area contributed by atoms with Gasteiger partial charge in [0.05, 0.1) is 17.9 Å². The Hall–Kier alpha value is -2.63. The first-order valence-electron chi connectivity index (χ1n) is 6.99. The molecule has 0 aliphatic carbocycles. The van der Waals surface area contributed by atoms with Crippen LogP contribution in [0.3, 0.4) is 0 Å². The molecule has 0 radical (unpaired) electrons. The molecule has 3 aromatic heterocycles. The maximum atomic E-state index is 4.46. The summed E-state index contributed by atoms with van der Waals surface area (Å²) in [5, 5.41) is 7.71. The van der Waals surface area contributed by atoms with E-state index >= 15 is 0 Å². The highest BCUT2D eigenvalue weighted by molar-refractivity contribution is 5.57. The molecule has 3 heterocycles. The Bertz CT molecular complexity index is 727.